The normalized spacial score (nSPS) is 15.5. The van der Waals surface area contributed by atoms with E-state index in [2.05, 4.69) is 40.5 Å². The number of hydrogen-bond donors (Lipinski definition) is 2. The number of nitriles is 1. The van der Waals surface area contributed by atoms with Gasteiger partial charge >= 0.3 is 0 Å². The molecule has 3 N–H and O–H groups in total. The van der Waals surface area contributed by atoms with E-state index in [1.54, 1.807) is 12.3 Å². The fraction of sp³-hybridized carbons (Fsp3) is 0.0435. The molecule has 1 atom stereocenters. The topological polar surface area (TPSA) is 101 Å². The standard InChI is InChI=1S/C23H16N4O2/c24-13-17-19(18-7-4-12-28-18)20-21(26-27-23(20)29-22(17)25)16-10-8-15(9-11-16)14-5-2-1-3-6-14/h1-12,19H,25H2,(H,26,27). The molecule has 2 aromatic heterocycles. The van der Waals surface area contributed by atoms with E-state index in [4.69, 9.17) is 14.9 Å². The number of rotatable bonds is 3. The summed E-state index contributed by atoms with van der Waals surface area (Å²) in [5.41, 5.74) is 11.0. The molecule has 0 spiro atoms. The molecule has 5 rings (SSSR count). The van der Waals surface area contributed by atoms with Gasteiger partial charge in [0, 0.05) is 5.56 Å². The smallest absolute Gasteiger partial charge is 0.244 e. The molecule has 1 aliphatic rings. The lowest BCUT2D eigenvalue weighted by Gasteiger charge is -2.22. The summed E-state index contributed by atoms with van der Waals surface area (Å²) >= 11 is 0. The number of nitrogens with two attached hydrogens (primary N) is 1. The molecule has 0 amide bonds. The molecule has 1 unspecified atom stereocenters. The summed E-state index contributed by atoms with van der Waals surface area (Å²) in [5.74, 6) is 0.516. The summed E-state index contributed by atoms with van der Waals surface area (Å²) in [6, 6.07) is 24.1. The van der Waals surface area contributed by atoms with Gasteiger partial charge in [0.2, 0.25) is 11.8 Å². The molecule has 0 radical (unpaired) electrons. The number of aromatic amines is 1. The van der Waals surface area contributed by atoms with Crippen molar-refractivity contribution in [2.45, 2.75) is 5.92 Å². The molecule has 140 valence electrons. The van der Waals surface area contributed by atoms with Crippen molar-refractivity contribution in [3.8, 4) is 34.3 Å². The molecule has 1 aliphatic heterocycles. The van der Waals surface area contributed by atoms with Crippen molar-refractivity contribution >= 4 is 0 Å². The van der Waals surface area contributed by atoms with Crippen LogP contribution in [-0.4, -0.2) is 10.2 Å². The average Bonchev–Trinajstić information content (AvgIpc) is 3.44. The van der Waals surface area contributed by atoms with Crippen LogP contribution in [0.1, 0.15) is 17.2 Å². The summed E-state index contributed by atoms with van der Waals surface area (Å²) < 4.78 is 11.2. The van der Waals surface area contributed by atoms with E-state index in [1.165, 1.54) is 0 Å². The van der Waals surface area contributed by atoms with Gasteiger partial charge in [-0.3, -0.25) is 5.10 Å². The second-order valence-corrected chi connectivity index (χ2v) is 6.70. The van der Waals surface area contributed by atoms with Crippen molar-refractivity contribution in [1.82, 2.24) is 10.2 Å². The summed E-state index contributed by atoms with van der Waals surface area (Å²) in [4.78, 5) is 0. The van der Waals surface area contributed by atoms with E-state index in [0.717, 1.165) is 27.9 Å². The lowest BCUT2D eigenvalue weighted by Crippen LogP contribution is -2.20. The first-order valence-corrected chi connectivity index (χ1v) is 9.11. The fourth-order valence-electron chi connectivity index (χ4n) is 3.67. The Bertz CT molecular complexity index is 1230. The van der Waals surface area contributed by atoms with Gasteiger partial charge in [0.05, 0.1) is 23.4 Å². The SMILES string of the molecule is N#CC1=C(N)Oc2n[nH]c(-c3ccc(-c4ccccc4)cc3)c2C1c1ccco1. The average molecular weight is 380 g/mol. The molecule has 0 bridgehead atoms. The number of allylic oxidation sites excluding steroid dienone is 1. The minimum absolute atomic E-state index is 0.0406. The van der Waals surface area contributed by atoms with Gasteiger partial charge in [0.1, 0.15) is 17.4 Å². The van der Waals surface area contributed by atoms with Crippen LogP contribution in [0.4, 0.5) is 0 Å². The summed E-state index contributed by atoms with van der Waals surface area (Å²) in [5, 5.41) is 17.0. The molecule has 4 aromatic rings. The van der Waals surface area contributed by atoms with Crippen molar-refractivity contribution in [3.05, 3.63) is 95.8 Å². The number of furan rings is 1. The Morgan fingerprint density at radius 1 is 0.931 bits per heavy atom. The lowest BCUT2D eigenvalue weighted by atomic mass is 9.86. The van der Waals surface area contributed by atoms with Crippen LogP contribution < -0.4 is 10.5 Å². The highest BCUT2D eigenvalue weighted by Crippen LogP contribution is 2.45. The molecule has 3 heterocycles. The van der Waals surface area contributed by atoms with Crippen LogP contribution in [0.2, 0.25) is 0 Å². The maximum atomic E-state index is 9.68. The van der Waals surface area contributed by atoms with E-state index < -0.39 is 5.92 Å². The van der Waals surface area contributed by atoms with Gasteiger partial charge in [-0.2, -0.15) is 5.26 Å². The predicted octanol–water partition coefficient (Wildman–Crippen LogP) is 4.55. The van der Waals surface area contributed by atoms with Crippen LogP contribution in [0.25, 0.3) is 22.4 Å². The number of aromatic nitrogens is 2. The second kappa shape index (κ2) is 6.73. The minimum atomic E-state index is -0.485. The number of benzene rings is 2. The molecule has 0 saturated heterocycles. The molecule has 0 aliphatic carbocycles. The third kappa shape index (κ3) is 2.77. The molecular weight excluding hydrogens is 364 g/mol. The fourth-order valence-corrected chi connectivity index (χ4v) is 3.67. The van der Waals surface area contributed by atoms with Crippen LogP contribution in [-0.2, 0) is 0 Å². The maximum absolute atomic E-state index is 9.68. The van der Waals surface area contributed by atoms with Crippen LogP contribution >= 0.6 is 0 Å². The molecule has 6 nitrogen and oxygen atoms in total. The quantitative estimate of drug-likeness (QED) is 0.543. The third-order valence-corrected chi connectivity index (χ3v) is 5.05. The van der Waals surface area contributed by atoms with E-state index in [0.29, 0.717) is 17.2 Å². The number of ether oxygens (including phenoxy) is 1. The van der Waals surface area contributed by atoms with Gasteiger partial charge in [-0.05, 0) is 23.3 Å². The summed E-state index contributed by atoms with van der Waals surface area (Å²) in [6.07, 6.45) is 1.57. The minimum Gasteiger partial charge on any atom is -0.468 e. The Kier molecular flexibility index (Phi) is 3.92. The van der Waals surface area contributed by atoms with E-state index in [-0.39, 0.29) is 5.88 Å². The van der Waals surface area contributed by atoms with Crippen molar-refractivity contribution in [2.75, 3.05) is 0 Å². The number of H-pyrrole nitrogens is 1. The van der Waals surface area contributed by atoms with Crippen LogP contribution in [0, 0.1) is 11.3 Å². The largest absolute Gasteiger partial charge is 0.468 e. The first-order valence-electron chi connectivity index (χ1n) is 9.11. The first-order chi connectivity index (χ1) is 14.3. The Hall–Kier alpha value is -4.24. The molecule has 0 fully saturated rings. The molecule has 6 heteroatoms. The number of hydrogen-bond acceptors (Lipinski definition) is 5. The van der Waals surface area contributed by atoms with Gasteiger partial charge in [-0.25, -0.2) is 0 Å². The third-order valence-electron chi connectivity index (χ3n) is 5.05. The highest BCUT2D eigenvalue weighted by Gasteiger charge is 2.37. The van der Waals surface area contributed by atoms with Crippen molar-refractivity contribution in [2.24, 2.45) is 5.73 Å². The van der Waals surface area contributed by atoms with Gasteiger partial charge in [0.25, 0.3) is 0 Å². The molecule has 2 aromatic carbocycles. The number of nitrogens with zero attached hydrogens (tertiary/aromatic N) is 2. The highest BCUT2D eigenvalue weighted by atomic mass is 16.5. The Labute approximate surface area is 166 Å². The Morgan fingerprint density at radius 3 is 2.34 bits per heavy atom. The van der Waals surface area contributed by atoms with Crippen molar-refractivity contribution in [3.63, 3.8) is 0 Å². The zero-order valence-electron chi connectivity index (χ0n) is 15.3. The van der Waals surface area contributed by atoms with Gasteiger partial charge in [0.15, 0.2) is 0 Å². The number of nitrogens with one attached hydrogen (secondary N) is 1. The van der Waals surface area contributed by atoms with Gasteiger partial charge in [-0.1, -0.05) is 54.6 Å². The van der Waals surface area contributed by atoms with E-state index >= 15 is 0 Å². The zero-order valence-corrected chi connectivity index (χ0v) is 15.3. The van der Waals surface area contributed by atoms with E-state index in [9.17, 15) is 5.26 Å². The summed E-state index contributed by atoms with van der Waals surface area (Å²) in [7, 11) is 0. The number of fused-ring (bicyclic) bond motifs is 1. The Balaban J connectivity index is 1.61. The molecule has 0 saturated carbocycles. The van der Waals surface area contributed by atoms with Gasteiger partial charge in [-0.15, -0.1) is 5.10 Å². The van der Waals surface area contributed by atoms with Crippen LogP contribution in [0.5, 0.6) is 5.88 Å². The van der Waals surface area contributed by atoms with Gasteiger partial charge < -0.3 is 14.9 Å². The van der Waals surface area contributed by atoms with Crippen LogP contribution in [0.3, 0.4) is 0 Å². The van der Waals surface area contributed by atoms with E-state index in [1.807, 2.05) is 36.4 Å². The Morgan fingerprint density at radius 2 is 1.66 bits per heavy atom. The molecule has 29 heavy (non-hydrogen) atoms. The highest BCUT2D eigenvalue weighted by molar-refractivity contribution is 5.73. The van der Waals surface area contributed by atoms with Crippen molar-refractivity contribution in [1.29, 1.82) is 5.26 Å². The lowest BCUT2D eigenvalue weighted by molar-refractivity contribution is 0.371. The zero-order chi connectivity index (χ0) is 19.8. The monoisotopic (exact) mass is 380 g/mol. The van der Waals surface area contributed by atoms with Crippen molar-refractivity contribution < 1.29 is 9.15 Å². The maximum Gasteiger partial charge on any atom is 0.244 e. The van der Waals surface area contributed by atoms with Crippen LogP contribution in [0.15, 0.2) is 88.9 Å². The second-order valence-electron chi connectivity index (χ2n) is 6.70. The first kappa shape index (κ1) is 16.9. The predicted molar refractivity (Wildman–Crippen MR) is 107 cm³/mol. The summed E-state index contributed by atoms with van der Waals surface area (Å²) in [6.45, 7) is 0. The molecular formula is C23H16N4O2.